The Morgan fingerprint density at radius 2 is 1.76 bits per heavy atom. The molecule has 0 saturated carbocycles. The van der Waals surface area contributed by atoms with Gasteiger partial charge in [0.2, 0.25) is 0 Å². The first-order valence-electron chi connectivity index (χ1n) is 10.4. The number of ketones is 1. The molecule has 7 heteroatoms. The topological polar surface area (TPSA) is 79.7 Å². The number of methoxy groups -OCH3 is 1. The van der Waals surface area contributed by atoms with Crippen LogP contribution in [-0.4, -0.2) is 28.9 Å². The highest BCUT2D eigenvalue weighted by Crippen LogP contribution is 2.44. The molecule has 1 atom stereocenters. The molecule has 1 amide bonds. The number of amides is 1. The molecule has 0 bridgehead atoms. The van der Waals surface area contributed by atoms with E-state index in [-0.39, 0.29) is 11.3 Å². The van der Waals surface area contributed by atoms with Crippen LogP contribution in [0, 0.1) is 6.92 Å². The lowest BCUT2D eigenvalue weighted by Gasteiger charge is -2.23. The number of aryl methyl sites for hydroxylation is 1. The molecule has 1 fully saturated rings. The van der Waals surface area contributed by atoms with Crippen molar-refractivity contribution in [3.8, 4) is 5.75 Å². The van der Waals surface area contributed by atoms with Crippen molar-refractivity contribution < 1.29 is 19.4 Å². The van der Waals surface area contributed by atoms with Crippen LogP contribution in [0.3, 0.4) is 0 Å². The summed E-state index contributed by atoms with van der Waals surface area (Å²) in [4.78, 5) is 32.5. The van der Waals surface area contributed by atoms with Crippen LogP contribution < -0.4 is 9.64 Å². The summed E-state index contributed by atoms with van der Waals surface area (Å²) in [5.41, 5.74) is 3.00. The molecule has 1 N–H and O–H groups in total. The summed E-state index contributed by atoms with van der Waals surface area (Å²) in [5.74, 6) is -1.03. The quantitative estimate of drug-likeness (QED) is 0.258. The zero-order valence-corrected chi connectivity index (χ0v) is 18.8. The van der Waals surface area contributed by atoms with E-state index in [0.29, 0.717) is 22.0 Å². The highest BCUT2D eigenvalue weighted by Gasteiger charge is 2.48. The molecule has 2 heterocycles. The van der Waals surface area contributed by atoms with Gasteiger partial charge in [0.25, 0.3) is 5.78 Å². The number of anilines is 1. The number of hydrogen-bond donors (Lipinski definition) is 1. The summed E-state index contributed by atoms with van der Waals surface area (Å²) in [5, 5.41) is 11.5. The first kappa shape index (κ1) is 20.9. The van der Waals surface area contributed by atoms with Crippen LogP contribution in [0.1, 0.15) is 22.7 Å². The van der Waals surface area contributed by atoms with Crippen molar-refractivity contribution in [2.75, 3.05) is 12.0 Å². The number of thiazole rings is 1. The average molecular weight is 457 g/mol. The van der Waals surface area contributed by atoms with Gasteiger partial charge in [-0.15, -0.1) is 0 Å². The summed E-state index contributed by atoms with van der Waals surface area (Å²) in [7, 11) is 1.57. The molecule has 6 nitrogen and oxygen atoms in total. The number of carbonyl (C=O) groups excluding carboxylic acids is 2. The molecule has 0 spiro atoms. The Morgan fingerprint density at radius 1 is 1.03 bits per heavy atom. The van der Waals surface area contributed by atoms with E-state index in [1.807, 2.05) is 31.2 Å². The minimum Gasteiger partial charge on any atom is -0.507 e. The van der Waals surface area contributed by atoms with Gasteiger partial charge in [0, 0.05) is 5.56 Å². The van der Waals surface area contributed by atoms with E-state index in [4.69, 9.17) is 4.74 Å². The SMILES string of the molecule is COc1ccc([C@@H]2C(=C(O)c3ccccc3)C(=O)C(=O)N2c2nc3ccc(C)cc3s2)cc1. The molecule has 164 valence electrons. The van der Waals surface area contributed by atoms with Crippen LogP contribution in [0.4, 0.5) is 5.13 Å². The van der Waals surface area contributed by atoms with Crippen LogP contribution in [0.15, 0.2) is 78.4 Å². The molecule has 3 aromatic carbocycles. The second-order valence-corrected chi connectivity index (χ2v) is 8.79. The molecule has 0 radical (unpaired) electrons. The summed E-state index contributed by atoms with van der Waals surface area (Å²) in [6.07, 6.45) is 0. The molecule has 4 aromatic rings. The number of benzene rings is 3. The summed E-state index contributed by atoms with van der Waals surface area (Å²) < 4.78 is 6.18. The molecule has 1 saturated heterocycles. The number of Topliss-reactive ketones (excluding diaryl/α,β-unsaturated/α-hetero) is 1. The fourth-order valence-corrected chi connectivity index (χ4v) is 5.10. The number of aliphatic hydroxyl groups excluding tert-OH is 1. The van der Waals surface area contributed by atoms with E-state index in [1.165, 1.54) is 16.2 Å². The van der Waals surface area contributed by atoms with Crippen molar-refractivity contribution in [1.29, 1.82) is 0 Å². The summed E-state index contributed by atoms with van der Waals surface area (Å²) >= 11 is 1.34. The number of fused-ring (bicyclic) bond motifs is 1. The Labute approximate surface area is 194 Å². The highest BCUT2D eigenvalue weighted by atomic mass is 32.1. The Hall–Kier alpha value is -3.97. The van der Waals surface area contributed by atoms with Crippen molar-refractivity contribution in [2.45, 2.75) is 13.0 Å². The number of ether oxygens (including phenoxy) is 1. The van der Waals surface area contributed by atoms with E-state index in [1.54, 1.807) is 55.6 Å². The molecular formula is C26H20N2O4S. The molecule has 0 unspecified atom stereocenters. The van der Waals surface area contributed by atoms with Crippen LogP contribution >= 0.6 is 11.3 Å². The Kier molecular flexibility index (Phi) is 5.18. The molecule has 33 heavy (non-hydrogen) atoms. The van der Waals surface area contributed by atoms with Crippen molar-refractivity contribution in [3.05, 3.63) is 95.1 Å². The zero-order valence-electron chi connectivity index (χ0n) is 18.0. The van der Waals surface area contributed by atoms with Gasteiger partial charge < -0.3 is 9.84 Å². The maximum Gasteiger partial charge on any atom is 0.301 e. The van der Waals surface area contributed by atoms with Crippen LogP contribution in [0.5, 0.6) is 5.75 Å². The van der Waals surface area contributed by atoms with Crippen molar-refractivity contribution in [3.63, 3.8) is 0 Å². The predicted molar refractivity (Wildman–Crippen MR) is 129 cm³/mol. The van der Waals surface area contributed by atoms with Crippen LogP contribution in [0.2, 0.25) is 0 Å². The van der Waals surface area contributed by atoms with Gasteiger partial charge in [-0.1, -0.05) is 59.9 Å². The predicted octanol–water partition coefficient (Wildman–Crippen LogP) is 5.24. The van der Waals surface area contributed by atoms with Gasteiger partial charge in [-0.3, -0.25) is 14.5 Å². The maximum atomic E-state index is 13.3. The number of rotatable bonds is 4. The standard InChI is InChI=1S/C26H20N2O4S/c1-15-8-13-19-20(14-15)33-26(27-19)28-22(16-9-11-18(32-2)12-10-16)21(24(30)25(28)31)23(29)17-6-4-3-5-7-17/h3-14,22,29H,1-2H3/t22-/m1/s1. The summed E-state index contributed by atoms with van der Waals surface area (Å²) in [6, 6.07) is 20.9. The van der Waals surface area contributed by atoms with E-state index >= 15 is 0 Å². The highest BCUT2D eigenvalue weighted by molar-refractivity contribution is 7.22. The van der Waals surface area contributed by atoms with Gasteiger partial charge in [0.05, 0.1) is 28.9 Å². The normalized spacial score (nSPS) is 17.6. The molecular weight excluding hydrogens is 436 g/mol. The van der Waals surface area contributed by atoms with Gasteiger partial charge in [0.15, 0.2) is 5.13 Å². The third kappa shape index (κ3) is 3.56. The van der Waals surface area contributed by atoms with Gasteiger partial charge in [-0.25, -0.2) is 4.98 Å². The molecule has 1 aliphatic rings. The van der Waals surface area contributed by atoms with E-state index in [0.717, 1.165) is 15.8 Å². The zero-order chi connectivity index (χ0) is 23.1. The lowest BCUT2D eigenvalue weighted by molar-refractivity contribution is -0.132. The van der Waals surface area contributed by atoms with Crippen molar-refractivity contribution >= 4 is 44.1 Å². The minimum atomic E-state index is -0.822. The van der Waals surface area contributed by atoms with Crippen molar-refractivity contribution in [1.82, 2.24) is 4.98 Å². The maximum absolute atomic E-state index is 13.3. The lowest BCUT2D eigenvalue weighted by atomic mass is 9.95. The van der Waals surface area contributed by atoms with E-state index in [2.05, 4.69) is 4.98 Å². The third-order valence-corrected chi connectivity index (χ3v) is 6.68. The van der Waals surface area contributed by atoms with Crippen LogP contribution in [-0.2, 0) is 9.59 Å². The summed E-state index contributed by atoms with van der Waals surface area (Å²) in [6.45, 7) is 1.99. The number of aromatic nitrogens is 1. The first-order chi connectivity index (χ1) is 16.0. The Morgan fingerprint density at radius 3 is 2.45 bits per heavy atom. The second-order valence-electron chi connectivity index (χ2n) is 7.78. The second kappa shape index (κ2) is 8.18. The Bertz CT molecular complexity index is 1410. The van der Waals surface area contributed by atoms with Crippen molar-refractivity contribution in [2.24, 2.45) is 0 Å². The molecule has 0 aliphatic carbocycles. The van der Waals surface area contributed by atoms with Gasteiger partial charge in [0.1, 0.15) is 11.5 Å². The fourth-order valence-electron chi connectivity index (χ4n) is 4.01. The number of hydrogen-bond acceptors (Lipinski definition) is 6. The number of aliphatic hydroxyl groups is 1. The van der Waals surface area contributed by atoms with Gasteiger partial charge in [-0.05, 0) is 42.3 Å². The lowest BCUT2D eigenvalue weighted by Crippen LogP contribution is -2.29. The molecule has 1 aromatic heterocycles. The Balaban J connectivity index is 1.72. The minimum absolute atomic E-state index is 0.0341. The van der Waals surface area contributed by atoms with Gasteiger partial charge in [-0.2, -0.15) is 0 Å². The molecule has 1 aliphatic heterocycles. The van der Waals surface area contributed by atoms with E-state index < -0.39 is 17.7 Å². The number of nitrogens with zero attached hydrogens (tertiary/aromatic N) is 2. The molecule has 5 rings (SSSR count). The van der Waals surface area contributed by atoms with E-state index in [9.17, 15) is 14.7 Å². The fraction of sp³-hybridized carbons (Fsp3) is 0.115. The largest absolute Gasteiger partial charge is 0.507 e. The average Bonchev–Trinajstić information content (AvgIpc) is 3.37. The first-order valence-corrected chi connectivity index (χ1v) is 11.2. The smallest absolute Gasteiger partial charge is 0.301 e. The third-order valence-electron chi connectivity index (χ3n) is 5.66. The monoisotopic (exact) mass is 456 g/mol. The van der Waals surface area contributed by atoms with Gasteiger partial charge >= 0.3 is 5.91 Å². The van der Waals surface area contributed by atoms with Crippen LogP contribution in [0.25, 0.3) is 16.0 Å². The number of carbonyl (C=O) groups is 2.